The Labute approximate surface area is 172 Å². The van der Waals surface area contributed by atoms with Crippen LogP contribution in [0.25, 0.3) is 11.1 Å². The highest BCUT2D eigenvalue weighted by atomic mass is 19.1. The van der Waals surface area contributed by atoms with Gasteiger partial charge in [0.15, 0.2) is 0 Å². The van der Waals surface area contributed by atoms with Gasteiger partial charge in [0.2, 0.25) is 0 Å². The van der Waals surface area contributed by atoms with E-state index in [4.69, 9.17) is 0 Å². The minimum Gasteiger partial charge on any atom is -0.388 e. The van der Waals surface area contributed by atoms with Gasteiger partial charge in [0.1, 0.15) is 5.82 Å². The number of aliphatic hydroxyl groups excluding tert-OH is 1. The van der Waals surface area contributed by atoms with Gasteiger partial charge >= 0.3 is 0 Å². The van der Waals surface area contributed by atoms with Crippen LogP contribution in [0.3, 0.4) is 0 Å². The van der Waals surface area contributed by atoms with Crippen molar-refractivity contribution in [3.05, 3.63) is 95.8 Å². The molecule has 0 radical (unpaired) electrons. The summed E-state index contributed by atoms with van der Waals surface area (Å²) >= 11 is 0. The molecule has 3 aromatic carbocycles. The molecular weight excluding hydrogens is 361 g/mol. The van der Waals surface area contributed by atoms with Crippen molar-refractivity contribution >= 4 is 0 Å². The number of benzene rings is 3. The van der Waals surface area contributed by atoms with E-state index in [1.165, 1.54) is 16.7 Å². The Hall–Kier alpha value is -2.49. The fourth-order valence-electron chi connectivity index (χ4n) is 4.22. The maximum absolute atomic E-state index is 13.1. The third kappa shape index (κ3) is 5.11. The van der Waals surface area contributed by atoms with Crippen molar-refractivity contribution in [3.63, 3.8) is 0 Å². The lowest BCUT2D eigenvalue weighted by Crippen LogP contribution is -2.34. The number of piperidine rings is 1. The first-order valence-corrected chi connectivity index (χ1v) is 10.5. The van der Waals surface area contributed by atoms with Crippen LogP contribution < -0.4 is 0 Å². The Bertz CT molecular complexity index is 884. The van der Waals surface area contributed by atoms with E-state index in [2.05, 4.69) is 29.2 Å². The topological polar surface area (TPSA) is 23.5 Å². The van der Waals surface area contributed by atoms with Crippen molar-refractivity contribution < 1.29 is 9.50 Å². The number of rotatable bonds is 6. The van der Waals surface area contributed by atoms with E-state index in [1.54, 1.807) is 12.1 Å². The Morgan fingerprint density at radius 2 is 1.45 bits per heavy atom. The molecule has 29 heavy (non-hydrogen) atoms. The summed E-state index contributed by atoms with van der Waals surface area (Å²) in [5.74, 6) is 0.347. The van der Waals surface area contributed by atoms with Crippen LogP contribution in [0.5, 0.6) is 0 Å². The highest BCUT2D eigenvalue weighted by Gasteiger charge is 2.21. The van der Waals surface area contributed by atoms with Gasteiger partial charge in [-0.1, -0.05) is 66.7 Å². The molecule has 2 nitrogen and oxygen atoms in total. The molecule has 1 N–H and O–H groups in total. The summed E-state index contributed by atoms with van der Waals surface area (Å²) in [5.41, 5.74) is 4.58. The summed E-state index contributed by atoms with van der Waals surface area (Å²) in [4.78, 5) is 2.43. The van der Waals surface area contributed by atoms with E-state index in [9.17, 15) is 9.50 Å². The second-order valence-electron chi connectivity index (χ2n) is 7.96. The van der Waals surface area contributed by atoms with E-state index in [-0.39, 0.29) is 5.82 Å². The molecular formula is C26H28FNO. The molecule has 0 aliphatic carbocycles. The second kappa shape index (κ2) is 9.34. The van der Waals surface area contributed by atoms with Crippen molar-refractivity contribution in [2.45, 2.75) is 31.3 Å². The first kappa shape index (κ1) is 19.8. The molecule has 3 aromatic rings. The van der Waals surface area contributed by atoms with Crippen LogP contribution >= 0.6 is 0 Å². The maximum atomic E-state index is 13.1. The molecule has 150 valence electrons. The third-order valence-electron chi connectivity index (χ3n) is 6.05. The summed E-state index contributed by atoms with van der Waals surface area (Å²) in [7, 11) is 0. The van der Waals surface area contributed by atoms with Crippen LogP contribution in [0.2, 0.25) is 0 Å². The predicted molar refractivity (Wildman–Crippen MR) is 116 cm³/mol. The number of hydrogen-bond donors (Lipinski definition) is 1. The molecule has 1 aliphatic heterocycles. The molecule has 1 heterocycles. The average molecular weight is 390 g/mol. The number of hydrogen-bond acceptors (Lipinski definition) is 2. The van der Waals surface area contributed by atoms with Gasteiger partial charge in [-0.3, -0.25) is 0 Å². The summed E-state index contributed by atoms with van der Waals surface area (Å²) in [5, 5.41) is 10.6. The number of likely N-dealkylation sites (tertiary alicyclic amines) is 1. The SMILES string of the molecule is OC(CCN1CCC(c2ccc(F)cc2)CC1)c1ccc(-c2ccccc2)cc1. The van der Waals surface area contributed by atoms with E-state index >= 15 is 0 Å². The van der Waals surface area contributed by atoms with E-state index < -0.39 is 6.10 Å². The minimum absolute atomic E-state index is 0.169. The van der Waals surface area contributed by atoms with E-state index in [1.807, 2.05) is 42.5 Å². The van der Waals surface area contributed by atoms with Gasteiger partial charge in [0.05, 0.1) is 6.10 Å². The van der Waals surface area contributed by atoms with Gasteiger partial charge < -0.3 is 10.0 Å². The standard InChI is InChI=1S/C26H28FNO/c27-25-12-10-22(11-13-25)23-14-17-28(18-15-23)19-16-26(29)24-8-6-21(7-9-24)20-4-2-1-3-5-20/h1-13,23,26,29H,14-19H2. The van der Waals surface area contributed by atoms with Gasteiger partial charge in [-0.2, -0.15) is 0 Å². The predicted octanol–water partition coefficient (Wildman–Crippen LogP) is 5.80. The molecule has 1 atom stereocenters. The molecule has 1 fully saturated rings. The lowest BCUT2D eigenvalue weighted by atomic mass is 9.89. The van der Waals surface area contributed by atoms with Crippen LogP contribution in [-0.4, -0.2) is 29.6 Å². The highest BCUT2D eigenvalue weighted by molar-refractivity contribution is 5.63. The second-order valence-corrected chi connectivity index (χ2v) is 7.96. The molecule has 1 aliphatic rings. The van der Waals surface area contributed by atoms with Gasteiger partial charge in [-0.25, -0.2) is 4.39 Å². The molecule has 1 saturated heterocycles. The zero-order valence-electron chi connectivity index (χ0n) is 16.7. The van der Waals surface area contributed by atoms with Gasteiger partial charge in [0, 0.05) is 6.54 Å². The first-order chi connectivity index (χ1) is 14.2. The summed E-state index contributed by atoms with van der Waals surface area (Å²) in [6.07, 6.45) is 2.49. The largest absolute Gasteiger partial charge is 0.388 e. The zero-order valence-corrected chi connectivity index (χ0v) is 16.7. The quantitative estimate of drug-likeness (QED) is 0.576. The highest BCUT2D eigenvalue weighted by Crippen LogP contribution is 2.29. The van der Waals surface area contributed by atoms with E-state index in [0.717, 1.165) is 44.5 Å². The summed E-state index contributed by atoms with van der Waals surface area (Å²) in [6.45, 7) is 2.96. The normalized spacial score (nSPS) is 16.6. The average Bonchev–Trinajstić information content (AvgIpc) is 2.79. The van der Waals surface area contributed by atoms with Crippen LogP contribution in [0.15, 0.2) is 78.9 Å². The van der Waals surface area contributed by atoms with E-state index in [0.29, 0.717) is 5.92 Å². The lowest BCUT2D eigenvalue weighted by molar-refractivity contribution is 0.130. The summed E-state index contributed by atoms with van der Waals surface area (Å²) < 4.78 is 13.1. The van der Waals surface area contributed by atoms with Crippen molar-refractivity contribution in [3.8, 4) is 11.1 Å². The fourth-order valence-corrected chi connectivity index (χ4v) is 4.22. The van der Waals surface area contributed by atoms with Crippen LogP contribution in [0.4, 0.5) is 4.39 Å². The van der Waals surface area contributed by atoms with Crippen LogP contribution in [0, 0.1) is 5.82 Å². The van der Waals surface area contributed by atoms with Crippen LogP contribution in [0.1, 0.15) is 42.4 Å². The Kier molecular flexibility index (Phi) is 6.38. The van der Waals surface area contributed by atoms with Gasteiger partial charge in [-0.05, 0) is 72.7 Å². The Balaban J connectivity index is 1.26. The van der Waals surface area contributed by atoms with Gasteiger partial charge in [0.25, 0.3) is 0 Å². The monoisotopic (exact) mass is 389 g/mol. The molecule has 0 aromatic heterocycles. The molecule has 0 spiro atoms. The van der Waals surface area contributed by atoms with Crippen molar-refractivity contribution in [1.29, 1.82) is 0 Å². The Morgan fingerprint density at radius 3 is 2.10 bits per heavy atom. The maximum Gasteiger partial charge on any atom is 0.123 e. The number of aliphatic hydroxyl groups is 1. The third-order valence-corrected chi connectivity index (χ3v) is 6.05. The van der Waals surface area contributed by atoms with Crippen molar-refractivity contribution in [1.82, 2.24) is 4.90 Å². The van der Waals surface area contributed by atoms with Gasteiger partial charge in [-0.15, -0.1) is 0 Å². The number of halogens is 1. The minimum atomic E-state index is -0.436. The first-order valence-electron chi connectivity index (χ1n) is 10.5. The smallest absolute Gasteiger partial charge is 0.123 e. The molecule has 1 unspecified atom stereocenters. The fraction of sp³-hybridized carbons (Fsp3) is 0.308. The Morgan fingerprint density at radius 1 is 0.828 bits per heavy atom. The van der Waals surface area contributed by atoms with Crippen molar-refractivity contribution in [2.75, 3.05) is 19.6 Å². The lowest BCUT2D eigenvalue weighted by Gasteiger charge is -2.32. The zero-order chi connectivity index (χ0) is 20.1. The summed E-state index contributed by atoms with van der Waals surface area (Å²) in [6, 6.07) is 25.5. The molecule has 4 rings (SSSR count). The van der Waals surface area contributed by atoms with Crippen LogP contribution in [-0.2, 0) is 0 Å². The molecule has 0 bridgehead atoms. The molecule has 0 amide bonds. The van der Waals surface area contributed by atoms with Crippen molar-refractivity contribution in [2.24, 2.45) is 0 Å². The number of nitrogens with zero attached hydrogens (tertiary/aromatic N) is 1. The molecule has 0 saturated carbocycles. The molecule has 3 heteroatoms.